The zero-order valence-corrected chi connectivity index (χ0v) is 12.8. The van der Waals surface area contributed by atoms with Gasteiger partial charge in [0.05, 0.1) is 16.9 Å². The summed E-state index contributed by atoms with van der Waals surface area (Å²) >= 11 is 6.08. The largest absolute Gasteiger partial charge is 0.323 e. The molecule has 1 aromatic heterocycles. The Morgan fingerprint density at radius 3 is 2.90 bits per heavy atom. The zero-order chi connectivity index (χ0) is 14.3. The number of imidazole rings is 1. The fourth-order valence-corrected chi connectivity index (χ4v) is 3.71. The lowest BCUT2D eigenvalue weighted by molar-refractivity contribution is 0.145. The number of fused-ring (bicyclic) bond motifs is 1. The number of alkyl halides is 1. The molecule has 108 valence electrons. The van der Waals surface area contributed by atoms with E-state index in [9.17, 15) is 4.39 Å². The van der Waals surface area contributed by atoms with Gasteiger partial charge in [0, 0.05) is 12.1 Å². The highest BCUT2D eigenvalue weighted by Crippen LogP contribution is 2.45. The Bertz CT molecular complexity index is 633. The van der Waals surface area contributed by atoms with Crippen molar-refractivity contribution in [1.82, 2.24) is 9.55 Å². The van der Waals surface area contributed by atoms with Gasteiger partial charge in [0.1, 0.15) is 11.6 Å². The van der Waals surface area contributed by atoms with Gasteiger partial charge in [0.2, 0.25) is 0 Å². The summed E-state index contributed by atoms with van der Waals surface area (Å²) in [5, 5.41) is 0. The SMILES string of the molecule is CC1(C)CCCCC1n1c(CCl)nc2cc(F)ccc21. The minimum atomic E-state index is -0.244. The Balaban J connectivity index is 2.18. The third-order valence-electron chi connectivity index (χ3n) is 4.61. The minimum Gasteiger partial charge on any atom is -0.323 e. The fourth-order valence-electron chi connectivity index (χ4n) is 3.52. The molecule has 3 rings (SSSR count). The Morgan fingerprint density at radius 2 is 2.20 bits per heavy atom. The van der Waals surface area contributed by atoms with E-state index in [-0.39, 0.29) is 11.2 Å². The lowest BCUT2D eigenvalue weighted by Crippen LogP contribution is -2.31. The van der Waals surface area contributed by atoms with Crippen molar-refractivity contribution in [3.63, 3.8) is 0 Å². The number of hydrogen-bond acceptors (Lipinski definition) is 1. The molecule has 0 spiro atoms. The van der Waals surface area contributed by atoms with Crippen molar-refractivity contribution < 1.29 is 4.39 Å². The molecule has 0 N–H and O–H groups in total. The smallest absolute Gasteiger partial charge is 0.125 e. The van der Waals surface area contributed by atoms with Gasteiger partial charge in [-0.05, 0) is 30.4 Å². The van der Waals surface area contributed by atoms with Crippen molar-refractivity contribution in [2.45, 2.75) is 51.5 Å². The van der Waals surface area contributed by atoms with E-state index in [1.807, 2.05) is 6.07 Å². The van der Waals surface area contributed by atoms with E-state index in [1.54, 1.807) is 0 Å². The van der Waals surface area contributed by atoms with Gasteiger partial charge in [-0.2, -0.15) is 0 Å². The van der Waals surface area contributed by atoms with E-state index in [1.165, 1.54) is 31.4 Å². The third-order valence-corrected chi connectivity index (χ3v) is 4.85. The molecule has 0 aliphatic heterocycles. The standard InChI is InChI=1S/C16H20ClFN2/c1-16(2)8-4-3-5-14(16)20-13-7-6-11(18)9-12(13)19-15(20)10-17/h6-7,9,14H,3-5,8,10H2,1-2H3. The predicted molar refractivity (Wildman–Crippen MR) is 80.5 cm³/mol. The van der Waals surface area contributed by atoms with Crippen LogP contribution in [-0.2, 0) is 5.88 Å². The summed E-state index contributed by atoms with van der Waals surface area (Å²) in [4.78, 5) is 4.52. The van der Waals surface area contributed by atoms with Crippen LogP contribution in [-0.4, -0.2) is 9.55 Å². The van der Waals surface area contributed by atoms with E-state index in [4.69, 9.17) is 11.6 Å². The Kier molecular flexibility index (Phi) is 3.49. The molecule has 1 saturated carbocycles. The Morgan fingerprint density at radius 1 is 1.40 bits per heavy atom. The maximum atomic E-state index is 13.4. The van der Waals surface area contributed by atoms with Crippen LogP contribution in [0.2, 0.25) is 0 Å². The molecule has 0 amide bonds. The maximum absolute atomic E-state index is 13.4. The Labute approximate surface area is 123 Å². The van der Waals surface area contributed by atoms with Gasteiger partial charge in [-0.3, -0.25) is 0 Å². The molecule has 4 heteroatoms. The summed E-state index contributed by atoms with van der Waals surface area (Å²) in [6, 6.07) is 5.23. The van der Waals surface area contributed by atoms with Crippen LogP contribution in [0.4, 0.5) is 4.39 Å². The van der Waals surface area contributed by atoms with Crippen LogP contribution in [0.3, 0.4) is 0 Å². The molecule has 1 atom stereocenters. The average molecular weight is 295 g/mol. The van der Waals surface area contributed by atoms with Gasteiger partial charge in [0.15, 0.2) is 0 Å². The van der Waals surface area contributed by atoms with Crippen molar-refractivity contribution in [2.24, 2.45) is 5.41 Å². The molecule has 2 aromatic rings. The van der Waals surface area contributed by atoms with Crippen molar-refractivity contribution in [3.05, 3.63) is 29.8 Å². The molecule has 0 bridgehead atoms. The number of nitrogens with zero attached hydrogens (tertiary/aromatic N) is 2. The third kappa shape index (κ3) is 2.22. The highest BCUT2D eigenvalue weighted by atomic mass is 35.5. The van der Waals surface area contributed by atoms with E-state index < -0.39 is 0 Å². The lowest BCUT2D eigenvalue weighted by atomic mass is 9.73. The fraction of sp³-hybridized carbons (Fsp3) is 0.562. The first-order valence-electron chi connectivity index (χ1n) is 7.25. The number of halogens is 2. The molecule has 2 nitrogen and oxygen atoms in total. The van der Waals surface area contributed by atoms with Crippen LogP contribution in [0.5, 0.6) is 0 Å². The maximum Gasteiger partial charge on any atom is 0.125 e. The van der Waals surface area contributed by atoms with Crippen molar-refractivity contribution in [1.29, 1.82) is 0 Å². The van der Waals surface area contributed by atoms with Crippen molar-refractivity contribution in [2.75, 3.05) is 0 Å². The number of rotatable bonds is 2. The second kappa shape index (κ2) is 5.03. The topological polar surface area (TPSA) is 17.8 Å². The quantitative estimate of drug-likeness (QED) is 0.708. The van der Waals surface area contributed by atoms with Crippen molar-refractivity contribution in [3.8, 4) is 0 Å². The van der Waals surface area contributed by atoms with Gasteiger partial charge in [-0.25, -0.2) is 9.37 Å². The highest BCUT2D eigenvalue weighted by Gasteiger charge is 2.35. The molecule has 1 aliphatic carbocycles. The van der Waals surface area contributed by atoms with E-state index in [0.717, 1.165) is 17.8 Å². The summed E-state index contributed by atoms with van der Waals surface area (Å²) < 4.78 is 15.6. The molecular weight excluding hydrogens is 275 g/mol. The van der Waals surface area contributed by atoms with E-state index >= 15 is 0 Å². The molecule has 1 fully saturated rings. The van der Waals surface area contributed by atoms with Gasteiger partial charge >= 0.3 is 0 Å². The molecule has 1 aromatic carbocycles. The summed E-state index contributed by atoms with van der Waals surface area (Å²) in [5.41, 5.74) is 1.94. The number of aromatic nitrogens is 2. The summed E-state index contributed by atoms with van der Waals surface area (Å²) in [7, 11) is 0. The van der Waals surface area contributed by atoms with Crippen LogP contribution in [0.25, 0.3) is 11.0 Å². The van der Waals surface area contributed by atoms with Crippen LogP contribution in [0.1, 0.15) is 51.4 Å². The van der Waals surface area contributed by atoms with Gasteiger partial charge < -0.3 is 4.57 Å². The van der Waals surface area contributed by atoms with E-state index in [0.29, 0.717) is 17.4 Å². The zero-order valence-electron chi connectivity index (χ0n) is 12.0. The highest BCUT2D eigenvalue weighted by molar-refractivity contribution is 6.16. The molecule has 0 saturated heterocycles. The lowest BCUT2D eigenvalue weighted by Gasteiger charge is -2.40. The Hall–Kier alpha value is -1.09. The number of hydrogen-bond donors (Lipinski definition) is 0. The summed E-state index contributed by atoms with van der Waals surface area (Å²) in [5.74, 6) is 0.974. The molecule has 1 heterocycles. The minimum absolute atomic E-state index is 0.223. The molecular formula is C16H20ClFN2. The molecule has 1 aliphatic rings. The first-order chi connectivity index (χ1) is 9.53. The monoisotopic (exact) mass is 294 g/mol. The molecule has 1 unspecified atom stereocenters. The normalized spacial score (nSPS) is 22.3. The van der Waals surface area contributed by atoms with Gasteiger partial charge in [-0.15, -0.1) is 11.6 Å². The second-order valence-corrected chi connectivity index (χ2v) is 6.68. The first kappa shape index (κ1) is 13.9. The molecule has 0 radical (unpaired) electrons. The summed E-state index contributed by atoms with van der Waals surface area (Å²) in [6.45, 7) is 4.62. The molecule has 20 heavy (non-hydrogen) atoms. The first-order valence-corrected chi connectivity index (χ1v) is 7.79. The van der Waals surface area contributed by atoms with Crippen LogP contribution >= 0.6 is 11.6 Å². The van der Waals surface area contributed by atoms with Crippen LogP contribution < -0.4 is 0 Å². The van der Waals surface area contributed by atoms with Gasteiger partial charge in [0.25, 0.3) is 0 Å². The van der Waals surface area contributed by atoms with Gasteiger partial charge in [-0.1, -0.05) is 26.7 Å². The van der Waals surface area contributed by atoms with Crippen LogP contribution in [0, 0.1) is 11.2 Å². The van der Waals surface area contributed by atoms with Crippen LogP contribution in [0.15, 0.2) is 18.2 Å². The average Bonchev–Trinajstić information content (AvgIpc) is 2.75. The number of benzene rings is 1. The summed E-state index contributed by atoms with van der Waals surface area (Å²) in [6.07, 6.45) is 4.86. The van der Waals surface area contributed by atoms with Crippen molar-refractivity contribution >= 4 is 22.6 Å². The van der Waals surface area contributed by atoms with E-state index in [2.05, 4.69) is 23.4 Å². The second-order valence-electron chi connectivity index (χ2n) is 6.41. The predicted octanol–water partition coefficient (Wildman–Crippen LogP) is 5.06.